The first-order valence-electron chi connectivity index (χ1n) is 17.0. The van der Waals surface area contributed by atoms with Gasteiger partial charge < -0.3 is 25.8 Å². The van der Waals surface area contributed by atoms with Crippen LogP contribution in [0.3, 0.4) is 0 Å². The lowest BCUT2D eigenvalue weighted by Gasteiger charge is -2.25. The Kier molecular flexibility index (Phi) is 10.3. The van der Waals surface area contributed by atoms with Gasteiger partial charge in [0.2, 0.25) is 6.17 Å². The number of benzene rings is 3. The molecule has 0 fully saturated rings. The Balaban J connectivity index is 1.26. The standard InChI is InChI=1S/C39H38FN7O6/c1-22(30(37(50)51)44-38(52)53-39(2,3)4)15-16-23-17-18-25(27(40)21-23)32-29(34-41-19-10-20-47(34)46-32)35(48)45-33-36(49)42-28-14-9-8-13-26(28)31(43-33)24-11-6-5-7-12-24/h5-14,17-22,30,33H,15-16H2,1-4H3,(H,42,49)(H,44,52)(H,45,48)(H,50,51)/t22?,30-,33+/m0/s1. The lowest BCUT2D eigenvalue weighted by atomic mass is 9.93. The minimum atomic E-state index is -1.36. The van der Waals surface area contributed by atoms with Crippen molar-refractivity contribution < 1.29 is 33.4 Å². The summed E-state index contributed by atoms with van der Waals surface area (Å²) in [6.07, 6.45) is 1.43. The molecule has 3 aromatic carbocycles. The fourth-order valence-corrected chi connectivity index (χ4v) is 6.01. The Bertz CT molecular complexity index is 2230. The van der Waals surface area contributed by atoms with E-state index in [1.54, 1.807) is 58.2 Å². The number of aryl methyl sites for hydroxylation is 1. The molecule has 2 aromatic heterocycles. The van der Waals surface area contributed by atoms with E-state index in [2.05, 4.69) is 26.0 Å². The Morgan fingerprint density at radius 2 is 1.75 bits per heavy atom. The maximum Gasteiger partial charge on any atom is 0.408 e. The smallest absolute Gasteiger partial charge is 0.408 e. The number of benzodiazepines with no additional fused rings is 1. The molecule has 13 nitrogen and oxygen atoms in total. The van der Waals surface area contributed by atoms with Crippen LogP contribution >= 0.6 is 0 Å². The number of ether oxygens (including phenoxy) is 1. The summed E-state index contributed by atoms with van der Waals surface area (Å²) >= 11 is 0. The van der Waals surface area contributed by atoms with E-state index in [1.807, 2.05) is 42.5 Å². The van der Waals surface area contributed by atoms with Crippen LogP contribution in [0.1, 0.15) is 61.2 Å². The largest absolute Gasteiger partial charge is 0.480 e. The minimum absolute atomic E-state index is 0.00398. The molecule has 0 aliphatic carbocycles. The number of fused-ring (bicyclic) bond motifs is 2. The van der Waals surface area contributed by atoms with Crippen LogP contribution in [0.15, 0.2) is 96.2 Å². The summed E-state index contributed by atoms with van der Waals surface area (Å²) in [4.78, 5) is 60.9. The van der Waals surface area contributed by atoms with Crippen LogP contribution in [-0.2, 0) is 20.7 Å². The average Bonchev–Trinajstić information content (AvgIpc) is 3.44. The van der Waals surface area contributed by atoms with E-state index in [1.165, 1.54) is 22.8 Å². The number of carbonyl (C=O) groups is 4. The number of nitrogens with zero attached hydrogens (tertiary/aromatic N) is 4. The molecule has 6 rings (SSSR count). The van der Waals surface area contributed by atoms with Crippen molar-refractivity contribution in [3.63, 3.8) is 0 Å². The fourth-order valence-electron chi connectivity index (χ4n) is 6.01. The third-order valence-corrected chi connectivity index (χ3v) is 8.57. The third-order valence-electron chi connectivity index (χ3n) is 8.57. The number of hydrogen-bond acceptors (Lipinski definition) is 8. The topological polar surface area (TPSA) is 176 Å². The Labute approximate surface area is 304 Å². The quantitative estimate of drug-likeness (QED) is 0.144. The van der Waals surface area contributed by atoms with Gasteiger partial charge in [0.15, 0.2) is 5.65 Å². The van der Waals surface area contributed by atoms with Gasteiger partial charge in [-0.3, -0.25) is 9.59 Å². The summed E-state index contributed by atoms with van der Waals surface area (Å²) in [5.74, 6) is -3.74. The van der Waals surface area contributed by atoms with Gasteiger partial charge in [0.05, 0.1) is 11.4 Å². The van der Waals surface area contributed by atoms with Crippen LogP contribution in [0.2, 0.25) is 0 Å². The molecule has 272 valence electrons. The molecular formula is C39H38FN7O6. The number of anilines is 1. The number of aliphatic imine (C=N–C) groups is 1. The summed E-state index contributed by atoms with van der Waals surface area (Å²) in [7, 11) is 0. The number of hydrogen-bond donors (Lipinski definition) is 4. The summed E-state index contributed by atoms with van der Waals surface area (Å²) in [6, 6.07) is 21.3. The highest BCUT2D eigenvalue weighted by atomic mass is 19.1. The van der Waals surface area contributed by atoms with Gasteiger partial charge in [-0.1, -0.05) is 61.5 Å². The molecule has 0 bridgehead atoms. The Morgan fingerprint density at radius 1 is 1.02 bits per heavy atom. The molecule has 3 amide bonds. The number of carboxylic acids is 1. The van der Waals surface area contributed by atoms with Gasteiger partial charge in [0, 0.05) is 29.1 Å². The van der Waals surface area contributed by atoms with Gasteiger partial charge in [-0.15, -0.1) is 0 Å². The first kappa shape index (κ1) is 36.4. The predicted molar refractivity (Wildman–Crippen MR) is 195 cm³/mol. The normalized spacial score (nSPS) is 15.3. The van der Waals surface area contributed by atoms with Gasteiger partial charge in [-0.2, -0.15) is 5.10 Å². The van der Waals surface area contributed by atoms with Crippen molar-refractivity contribution in [3.8, 4) is 11.3 Å². The van der Waals surface area contributed by atoms with E-state index in [0.717, 1.165) is 5.56 Å². The van der Waals surface area contributed by atoms with Gasteiger partial charge >= 0.3 is 12.1 Å². The van der Waals surface area contributed by atoms with Crippen LogP contribution in [0.5, 0.6) is 0 Å². The van der Waals surface area contributed by atoms with Gasteiger partial charge in [0.1, 0.15) is 28.7 Å². The highest BCUT2D eigenvalue weighted by Gasteiger charge is 2.32. The maximum atomic E-state index is 16.0. The number of rotatable bonds is 10. The van der Waals surface area contributed by atoms with Crippen LogP contribution in [0.4, 0.5) is 14.9 Å². The minimum Gasteiger partial charge on any atom is -0.480 e. The lowest BCUT2D eigenvalue weighted by molar-refractivity contribution is -0.140. The second-order valence-corrected chi connectivity index (χ2v) is 13.7. The Morgan fingerprint density at radius 3 is 2.47 bits per heavy atom. The number of halogens is 1. The van der Waals surface area contributed by atoms with Gasteiger partial charge in [-0.05, 0) is 69.4 Å². The van der Waals surface area contributed by atoms with Gasteiger partial charge in [-0.25, -0.2) is 28.5 Å². The first-order chi connectivity index (χ1) is 25.3. The second-order valence-electron chi connectivity index (χ2n) is 13.7. The van der Waals surface area contributed by atoms with Crippen molar-refractivity contribution in [2.75, 3.05) is 5.32 Å². The zero-order valence-electron chi connectivity index (χ0n) is 29.5. The molecule has 4 N–H and O–H groups in total. The van der Waals surface area contributed by atoms with Crippen molar-refractivity contribution in [1.29, 1.82) is 0 Å². The van der Waals surface area contributed by atoms with E-state index in [4.69, 9.17) is 9.73 Å². The Hall–Kier alpha value is -6.44. The van der Waals surface area contributed by atoms with E-state index >= 15 is 4.39 Å². The van der Waals surface area contributed by atoms with Crippen LogP contribution in [0.25, 0.3) is 16.9 Å². The van der Waals surface area contributed by atoms with E-state index in [-0.39, 0.29) is 22.5 Å². The number of nitrogens with one attached hydrogen (secondary N) is 3. The summed E-state index contributed by atoms with van der Waals surface area (Å²) in [5.41, 5.74) is 2.29. The molecule has 0 spiro atoms. The molecule has 3 atom stereocenters. The number of carboxylic acid groups (broad SMARTS) is 1. The molecule has 1 unspecified atom stereocenters. The first-order valence-corrected chi connectivity index (χ1v) is 17.0. The number of para-hydroxylation sites is 1. The third kappa shape index (κ3) is 8.22. The monoisotopic (exact) mass is 719 g/mol. The number of amides is 3. The molecule has 53 heavy (non-hydrogen) atoms. The van der Waals surface area contributed by atoms with Crippen molar-refractivity contribution in [2.24, 2.45) is 10.9 Å². The molecule has 14 heteroatoms. The molecule has 0 saturated carbocycles. The van der Waals surface area contributed by atoms with Crippen LogP contribution < -0.4 is 16.0 Å². The molecule has 5 aromatic rings. The SMILES string of the molecule is CC(CCc1ccc(-c2nn3cccnc3c2C(=O)N[C@H]2N=C(c3ccccc3)c3ccccc3NC2=O)c(F)c1)[C@H](NC(=O)OC(C)(C)C)C(=O)O. The van der Waals surface area contributed by atoms with Crippen molar-refractivity contribution >= 4 is 40.9 Å². The van der Waals surface area contributed by atoms with E-state index < -0.39 is 53.4 Å². The second kappa shape index (κ2) is 15.0. The molecule has 3 heterocycles. The van der Waals surface area contributed by atoms with Crippen LogP contribution in [0, 0.1) is 11.7 Å². The lowest BCUT2D eigenvalue weighted by Crippen LogP contribution is -2.47. The summed E-state index contributed by atoms with van der Waals surface area (Å²) < 4.78 is 22.5. The van der Waals surface area contributed by atoms with E-state index in [9.17, 15) is 24.3 Å². The van der Waals surface area contributed by atoms with Crippen molar-refractivity contribution in [3.05, 3.63) is 119 Å². The summed E-state index contributed by atoms with van der Waals surface area (Å²) in [6.45, 7) is 6.70. The zero-order valence-corrected chi connectivity index (χ0v) is 29.5. The van der Waals surface area contributed by atoms with E-state index in [0.29, 0.717) is 35.4 Å². The molecular weight excluding hydrogens is 681 g/mol. The number of alkyl carbamates (subject to hydrolysis) is 1. The number of aromatic nitrogens is 3. The molecule has 0 saturated heterocycles. The maximum absolute atomic E-state index is 16.0. The zero-order chi connectivity index (χ0) is 37.9. The van der Waals surface area contributed by atoms with Gasteiger partial charge in [0.25, 0.3) is 11.8 Å². The molecule has 1 aliphatic heterocycles. The number of aliphatic carboxylic acids is 1. The number of carbonyl (C=O) groups excluding carboxylic acids is 3. The molecule has 0 radical (unpaired) electrons. The van der Waals surface area contributed by atoms with Crippen LogP contribution in [-0.4, -0.2) is 67.1 Å². The average molecular weight is 720 g/mol. The predicted octanol–water partition coefficient (Wildman–Crippen LogP) is 5.63. The highest BCUT2D eigenvalue weighted by Crippen LogP contribution is 2.30. The fraction of sp³-hybridized carbons (Fsp3) is 0.256. The van der Waals surface area contributed by atoms with Crippen molar-refractivity contribution in [1.82, 2.24) is 25.2 Å². The summed E-state index contributed by atoms with van der Waals surface area (Å²) in [5, 5.41) is 22.2. The highest BCUT2D eigenvalue weighted by molar-refractivity contribution is 6.20. The molecule has 1 aliphatic rings. The van der Waals surface area contributed by atoms with Crippen molar-refractivity contribution in [2.45, 2.75) is 58.3 Å².